The molecule has 1 aliphatic rings. The van der Waals surface area contributed by atoms with Crippen LogP contribution in [-0.4, -0.2) is 30.4 Å². The van der Waals surface area contributed by atoms with Gasteiger partial charge in [-0.15, -0.1) is 0 Å². The van der Waals surface area contributed by atoms with Gasteiger partial charge in [0.25, 0.3) is 0 Å². The number of cyclic esters (lactones) is 2. The van der Waals surface area contributed by atoms with Crippen molar-refractivity contribution in [3.05, 3.63) is 0 Å². The lowest BCUT2D eigenvalue weighted by Gasteiger charge is -2.05. The van der Waals surface area contributed by atoms with Gasteiger partial charge in [-0.25, -0.2) is 4.79 Å². The maximum absolute atomic E-state index is 10.6. The Morgan fingerprint density at radius 1 is 1.43 bits per heavy atom. The van der Waals surface area contributed by atoms with E-state index in [2.05, 4.69) is 11.7 Å². The zero-order valence-corrected chi connectivity index (χ0v) is 9.48. The normalized spacial score (nSPS) is 20.6. The number of hydrogen-bond donors (Lipinski definition) is 0. The Bertz CT molecular complexity index is 173. The number of carbonyl (C=O) groups excluding carboxylic acids is 1. The lowest BCUT2D eigenvalue weighted by molar-refractivity contribution is 0.122. The summed E-state index contributed by atoms with van der Waals surface area (Å²) in [7, 11) is 0. The van der Waals surface area contributed by atoms with Crippen molar-refractivity contribution in [3.8, 4) is 0 Å². The molecule has 0 aromatic carbocycles. The number of rotatable bonds is 7. The number of carbonyl (C=O) groups is 1. The first-order valence-corrected chi connectivity index (χ1v) is 6.39. The van der Waals surface area contributed by atoms with Gasteiger partial charge in [-0.2, -0.15) is 11.8 Å². The van der Waals surface area contributed by atoms with Crippen LogP contribution in [0.15, 0.2) is 0 Å². The second-order valence-corrected chi connectivity index (χ2v) is 4.59. The van der Waals surface area contributed by atoms with E-state index in [1.807, 2.05) is 11.8 Å². The van der Waals surface area contributed by atoms with E-state index in [-0.39, 0.29) is 6.10 Å². The molecule has 1 atom stereocenters. The fourth-order valence-corrected chi connectivity index (χ4v) is 2.29. The Morgan fingerprint density at radius 3 is 2.93 bits per heavy atom. The first-order valence-electron chi connectivity index (χ1n) is 5.24. The lowest BCUT2D eigenvalue weighted by Crippen LogP contribution is -2.13. The van der Waals surface area contributed by atoms with Gasteiger partial charge in [0.05, 0.1) is 0 Å². The van der Waals surface area contributed by atoms with Gasteiger partial charge < -0.3 is 9.47 Å². The molecule has 0 bridgehead atoms. The Hall–Kier alpha value is -0.380. The minimum atomic E-state index is -0.512. The SMILES string of the molecule is CCCCCCSCC1COC(=O)O1. The van der Waals surface area contributed by atoms with E-state index in [1.165, 1.54) is 25.7 Å². The highest BCUT2D eigenvalue weighted by molar-refractivity contribution is 7.99. The van der Waals surface area contributed by atoms with Crippen molar-refractivity contribution in [2.75, 3.05) is 18.1 Å². The Labute approximate surface area is 89.5 Å². The third-order valence-corrected chi connectivity index (χ3v) is 3.28. The van der Waals surface area contributed by atoms with Gasteiger partial charge in [-0.1, -0.05) is 26.2 Å². The van der Waals surface area contributed by atoms with Crippen LogP contribution in [0.3, 0.4) is 0 Å². The van der Waals surface area contributed by atoms with Crippen LogP contribution in [0.25, 0.3) is 0 Å². The van der Waals surface area contributed by atoms with E-state index in [1.54, 1.807) is 0 Å². The van der Waals surface area contributed by atoms with E-state index < -0.39 is 6.16 Å². The van der Waals surface area contributed by atoms with Gasteiger partial charge in [0.2, 0.25) is 0 Å². The molecule has 0 spiro atoms. The Kier molecular flexibility index (Phi) is 5.83. The number of hydrogen-bond acceptors (Lipinski definition) is 4. The summed E-state index contributed by atoms with van der Waals surface area (Å²) in [6, 6.07) is 0. The Balaban J connectivity index is 1.86. The third-order valence-electron chi connectivity index (χ3n) is 2.10. The summed E-state index contributed by atoms with van der Waals surface area (Å²) in [6.07, 6.45) is 4.64. The summed E-state index contributed by atoms with van der Waals surface area (Å²) in [5.74, 6) is 2.03. The van der Waals surface area contributed by atoms with E-state index in [9.17, 15) is 4.79 Å². The molecule has 14 heavy (non-hydrogen) atoms. The van der Waals surface area contributed by atoms with Gasteiger partial charge >= 0.3 is 6.16 Å². The van der Waals surface area contributed by atoms with Crippen LogP contribution < -0.4 is 0 Å². The highest BCUT2D eigenvalue weighted by atomic mass is 32.2. The zero-order valence-electron chi connectivity index (χ0n) is 8.66. The summed E-state index contributed by atoms with van der Waals surface area (Å²) in [6.45, 7) is 2.64. The topological polar surface area (TPSA) is 35.5 Å². The maximum Gasteiger partial charge on any atom is 0.508 e. The minimum Gasteiger partial charge on any atom is -0.430 e. The number of ether oxygens (including phenoxy) is 2. The van der Waals surface area contributed by atoms with Crippen molar-refractivity contribution < 1.29 is 14.3 Å². The average molecular weight is 218 g/mol. The van der Waals surface area contributed by atoms with Crippen LogP contribution in [0, 0.1) is 0 Å². The maximum atomic E-state index is 10.6. The fourth-order valence-electron chi connectivity index (χ4n) is 1.29. The summed E-state index contributed by atoms with van der Waals surface area (Å²) < 4.78 is 9.59. The molecule has 0 saturated carbocycles. The summed E-state index contributed by atoms with van der Waals surface area (Å²) in [5, 5.41) is 0. The van der Waals surface area contributed by atoms with Crippen molar-refractivity contribution in [1.82, 2.24) is 0 Å². The molecule has 1 aliphatic heterocycles. The van der Waals surface area contributed by atoms with E-state index in [0.29, 0.717) is 6.61 Å². The molecule has 1 fully saturated rings. The second-order valence-electron chi connectivity index (χ2n) is 3.44. The monoisotopic (exact) mass is 218 g/mol. The van der Waals surface area contributed by atoms with E-state index in [4.69, 9.17) is 4.74 Å². The molecule has 0 aromatic rings. The van der Waals surface area contributed by atoms with Crippen molar-refractivity contribution >= 4 is 17.9 Å². The van der Waals surface area contributed by atoms with Crippen molar-refractivity contribution in [1.29, 1.82) is 0 Å². The van der Waals surface area contributed by atoms with E-state index >= 15 is 0 Å². The van der Waals surface area contributed by atoms with Crippen LogP contribution in [0.1, 0.15) is 32.6 Å². The molecule has 82 valence electrons. The first-order chi connectivity index (χ1) is 6.83. The molecular formula is C10H18O3S. The molecule has 4 heteroatoms. The number of thioether (sulfide) groups is 1. The standard InChI is InChI=1S/C10H18O3S/c1-2-3-4-5-6-14-8-9-7-12-10(11)13-9/h9H,2-8H2,1H3. The molecule has 0 N–H and O–H groups in total. The summed E-state index contributed by atoms with van der Waals surface area (Å²) in [4.78, 5) is 10.6. The van der Waals surface area contributed by atoms with Gasteiger partial charge in [-0.05, 0) is 12.2 Å². The quantitative estimate of drug-likeness (QED) is 0.486. The number of unbranched alkanes of at least 4 members (excludes halogenated alkanes) is 3. The predicted octanol–water partition coefficient (Wildman–Crippen LogP) is 2.84. The molecule has 0 amide bonds. The summed E-state index contributed by atoms with van der Waals surface area (Å²) >= 11 is 1.85. The van der Waals surface area contributed by atoms with Gasteiger partial charge in [0, 0.05) is 5.75 Å². The summed E-state index contributed by atoms with van der Waals surface area (Å²) in [5.41, 5.74) is 0. The van der Waals surface area contributed by atoms with Crippen molar-refractivity contribution in [2.45, 2.75) is 38.7 Å². The lowest BCUT2D eigenvalue weighted by atomic mass is 10.2. The largest absolute Gasteiger partial charge is 0.508 e. The van der Waals surface area contributed by atoms with Crippen LogP contribution in [0.4, 0.5) is 4.79 Å². The van der Waals surface area contributed by atoms with Gasteiger partial charge in [0.1, 0.15) is 12.7 Å². The predicted molar refractivity (Wildman–Crippen MR) is 57.7 cm³/mol. The molecule has 0 aliphatic carbocycles. The molecule has 1 saturated heterocycles. The van der Waals surface area contributed by atoms with Crippen LogP contribution in [-0.2, 0) is 9.47 Å². The first kappa shape index (κ1) is 11.7. The van der Waals surface area contributed by atoms with Crippen molar-refractivity contribution in [2.24, 2.45) is 0 Å². The minimum absolute atomic E-state index is 0.0151. The third kappa shape index (κ3) is 4.74. The van der Waals surface area contributed by atoms with Crippen molar-refractivity contribution in [3.63, 3.8) is 0 Å². The van der Waals surface area contributed by atoms with Crippen LogP contribution in [0.2, 0.25) is 0 Å². The molecular weight excluding hydrogens is 200 g/mol. The van der Waals surface area contributed by atoms with Crippen LogP contribution in [0.5, 0.6) is 0 Å². The van der Waals surface area contributed by atoms with Gasteiger partial charge in [-0.3, -0.25) is 0 Å². The Morgan fingerprint density at radius 2 is 2.29 bits per heavy atom. The molecule has 0 aromatic heterocycles. The smallest absolute Gasteiger partial charge is 0.430 e. The second kappa shape index (κ2) is 6.98. The zero-order chi connectivity index (χ0) is 10.2. The molecule has 0 radical (unpaired) electrons. The highest BCUT2D eigenvalue weighted by Gasteiger charge is 2.24. The fraction of sp³-hybridized carbons (Fsp3) is 0.900. The molecule has 3 nitrogen and oxygen atoms in total. The average Bonchev–Trinajstić information content (AvgIpc) is 2.58. The highest BCUT2D eigenvalue weighted by Crippen LogP contribution is 2.14. The van der Waals surface area contributed by atoms with Crippen LogP contribution >= 0.6 is 11.8 Å². The molecule has 1 unspecified atom stereocenters. The van der Waals surface area contributed by atoms with E-state index in [0.717, 1.165) is 11.5 Å². The molecule has 1 rings (SSSR count). The molecule has 1 heterocycles. The van der Waals surface area contributed by atoms with Gasteiger partial charge in [0.15, 0.2) is 0 Å².